The van der Waals surface area contributed by atoms with E-state index in [2.05, 4.69) is 26.2 Å². The van der Waals surface area contributed by atoms with E-state index in [1.807, 2.05) is 26.0 Å². The minimum Gasteiger partial charge on any atom is -0.482 e. The molecule has 0 unspecified atom stereocenters. The topological polar surface area (TPSA) is 115 Å². The molecule has 0 radical (unpaired) electrons. The van der Waals surface area contributed by atoms with Crippen molar-refractivity contribution in [3.63, 3.8) is 0 Å². The highest BCUT2D eigenvalue weighted by atomic mass is 79.9. The van der Waals surface area contributed by atoms with Crippen molar-refractivity contribution >= 4 is 43.5 Å². The van der Waals surface area contributed by atoms with Gasteiger partial charge in [-0.25, -0.2) is 18.2 Å². The summed E-state index contributed by atoms with van der Waals surface area (Å²) in [5, 5.41) is 11.9. The van der Waals surface area contributed by atoms with Crippen LogP contribution in [0.4, 0.5) is 0 Å². The first-order valence-corrected chi connectivity index (χ1v) is 13.5. The van der Waals surface area contributed by atoms with Gasteiger partial charge in [0, 0.05) is 23.4 Å². The lowest BCUT2D eigenvalue weighted by atomic mass is 10.2. The molecule has 2 N–H and O–H groups in total. The third-order valence-electron chi connectivity index (χ3n) is 4.23. The lowest BCUT2D eigenvalue weighted by Gasteiger charge is -2.10. The Hall–Kier alpha value is -1.82. The number of hydrogen-bond acceptors (Lipinski definition) is 8. The largest absolute Gasteiger partial charge is 0.482 e. The van der Waals surface area contributed by atoms with Crippen LogP contribution in [0, 0.1) is 6.92 Å². The number of nitrogens with zero attached hydrogens (tertiary/aromatic N) is 1. The van der Waals surface area contributed by atoms with Crippen molar-refractivity contribution in [2.45, 2.75) is 30.1 Å². The van der Waals surface area contributed by atoms with Crippen LogP contribution in [0.2, 0.25) is 0 Å². The van der Waals surface area contributed by atoms with Gasteiger partial charge in [0.25, 0.3) is 0 Å². The summed E-state index contributed by atoms with van der Waals surface area (Å²) in [4.78, 5) is 15.9. The predicted molar refractivity (Wildman–Crippen MR) is 128 cm³/mol. The lowest BCUT2D eigenvalue weighted by molar-refractivity contribution is -0.139. The van der Waals surface area contributed by atoms with Crippen molar-refractivity contribution in [2.75, 3.05) is 37.8 Å². The number of aliphatic carboxylic acids is 1. The number of carbonyl (C=O) groups is 1. The average molecular weight is 547 g/mol. The summed E-state index contributed by atoms with van der Waals surface area (Å²) in [7, 11) is -3.41. The molecule has 0 amide bonds. The molecule has 0 atom stereocenters. The number of ether oxygens (including phenoxy) is 2. The van der Waals surface area contributed by atoms with Crippen LogP contribution in [0.25, 0.3) is 0 Å². The Morgan fingerprint density at radius 2 is 2.03 bits per heavy atom. The van der Waals surface area contributed by atoms with Gasteiger partial charge in [-0.15, -0.1) is 11.8 Å². The smallest absolute Gasteiger partial charge is 0.341 e. The van der Waals surface area contributed by atoms with Gasteiger partial charge in [0.05, 0.1) is 21.7 Å². The molecule has 0 aliphatic carbocycles. The van der Waals surface area contributed by atoms with E-state index in [-0.39, 0.29) is 17.3 Å². The quantitative estimate of drug-likeness (QED) is 0.271. The van der Waals surface area contributed by atoms with Crippen molar-refractivity contribution in [3.05, 3.63) is 40.5 Å². The Labute approximate surface area is 201 Å². The number of benzene rings is 1. The highest BCUT2D eigenvalue weighted by Gasteiger charge is 2.17. The maximum Gasteiger partial charge on any atom is 0.341 e. The number of sulfone groups is 1. The molecule has 8 nitrogen and oxygen atoms in total. The summed E-state index contributed by atoms with van der Waals surface area (Å²) in [6.45, 7) is 5.12. The predicted octanol–water partition coefficient (Wildman–Crippen LogP) is 3.56. The van der Waals surface area contributed by atoms with E-state index >= 15 is 0 Å². The van der Waals surface area contributed by atoms with Crippen LogP contribution < -0.4 is 14.8 Å². The van der Waals surface area contributed by atoms with Crippen LogP contribution in [-0.4, -0.2) is 62.3 Å². The molecule has 0 spiro atoms. The number of carboxylic acid groups (broad SMARTS) is 1. The highest BCUT2D eigenvalue weighted by Crippen LogP contribution is 2.26. The van der Waals surface area contributed by atoms with Gasteiger partial charge in [0.1, 0.15) is 5.75 Å². The number of hydrogen-bond donors (Lipinski definition) is 2. The molecule has 1 heterocycles. The van der Waals surface area contributed by atoms with Gasteiger partial charge in [-0.05, 0) is 72.6 Å². The first-order valence-electron chi connectivity index (χ1n) is 10.0. The summed E-state index contributed by atoms with van der Waals surface area (Å²) in [5.74, 6) is 0.781. The monoisotopic (exact) mass is 546 g/mol. The molecule has 0 aliphatic heterocycles. The van der Waals surface area contributed by atoms with Crippen molar-refractivity contribution in [2.24, 2.45) is 0 Å². The van der Waals surface area contributed by atoms with Crippen LogP contribution >= 0.6 is 27.7 Å². The number of halogens is 1. The second kappa shape index (κ2) is 13.0. The van der Waals surface area contributed by atoms with Gasteiger partial charge in [-0.1, -0.05) is 0 Å². The first kappa shape index (κ1) is 26.4. The number of thioether (sulfide) groups is 1. The number of aromatic nitrogens is 1. The fourth-order valence-corrected chi connectivity index (χ4v) is 5.50. The summed E-state index contributed by atoms with van der Waals surface area (Å²) < 4.78 is 36.0. The minimum atomic E-state index is -3.41. The van der Waals surface area contributed by atoms with Gasteiger partial charge < -0.3 is 19.9 Å². The van der Waals surface area contributed by atoms with E-state index in [1.54, 1.807) is 17.8 Å². The molecule has 1 aromatic carbocycles. The zero-order valence-corrected chi connectivity index (χ0v) is 21.2. The van der Waals surface area contributed by atoms with Gasteiger partial charge in [-0.3, -0.25) is 0 Å². The third-order valence-corrected chi connectivity index (χ3v) is 7.57. The number of pyridine rings is 1. The van der Waals surface area contributed by atoms with E-state index in [0.29, 0.717) is 35.7 Å². The fourth-order valence-electron chi connectivity index (χ4n) is 2.71. The highest BCUT2D eigenvalue weighted by molar-refractivity contribution is 9.10. The molecule has 32 heavy (non-hydrogen) atoms. The number of aryl methyl sites for hydroxylation is 1. The second-order valence-electron chi connectivity index (χ2n) is 6.77. The van der Waals surface area contributed by atoms with E-state index in [0.717, 1.165) is 22.8 Å². The maximum atomic E-state index is 12.5. The molecule has 2 aromatic rings. The molecule has 0 saturated heterocycles. The Morgan fingerprint density at radius 3 is 2.69 bits per heavy atom. The summed E-state index contributed by atoms with van der Waals surface area (Å²) in [6, 6.07) is 7.15. The molecule has 0 fully saturated rings. The number of nitrogens with one attached hydrogen (secondary N) is 1. The summed E-state index contributed by atoms with van der Waals surface area (Å²) in [6.07, 6.45) is 1.82. The zero-order chi connectivity index (χ0) is 23.6. The number of carboxylic acids is 1. The standard InChI is InChI=1S/C21H27BrN2O6S2/c1-3-29-21-18(22)12-17(13-24-21)32(27,28)10-4-7-23-8-9-31-16-5-6-19(15(2)11-16)30-14-20(25)26/h5-6,11-13,23H,3-4,7-10,14H2,1-2H3,(H,25,26). The van der Waals surface area contributed by atoms with Gasteiger partial charge in [0.15, 0.2) is 16.4 Å². The molecule has 0 saturated carbocycles. The number of rotatable bonds is 14. The Bertz CT molecular complexity index is 1020. The second-order valence-corrected chi connectivity index (χ2v) is 10.9. The van der Waals surface area contributed by atoms with Crippen LogP contribution in [0.15, 0.2) is 44.7 Å². The molecular formula is C21H27BrN2O6S2. The van der Waals surface area contributed by atoms with Crippen LogP contribution in [0.1, 0.15) is 18.9 Å². The van der Waals surface area contributed by atoms with Crippen molar-refractivity contribution in [1.82, 2.24) is 10.3 Å². The van der Waals surface area contributed by atoms with Crippen LogP contribution in [0.5, 0.6) is 11.6 Å². The van der Waals surface area contributed by atoms with Crippen molar-refractivity contribution in [1.29, 1.82) is 0 Å². The summed E-state index contributed by atoms with van der Waals surface area (Å²) in [5.41, 5.74) is 0.879. The molecular weight excluding hydrogens is 520 g/mol. The van der Waals surface area contributed by atoms with Crippen molar-refractivity contribution < 1.29 is 27.8 Å². The van der Waals surface area contributed by atoms with Crippen LogP contribution in [0.3, 0.4) is 0 Å². The third kappa shape index (κ3) is 8.61. The van der Waals surface area contributed by atoms with E-state index < -0.39 is 15.8 Å². The Morgan fingerprint density at radius 1 is 1.25 bits per heavy atom. The summed E-state index contributed by atoms with van der Waals surface area (Å²) >= 11 is 4.95. The molecule has 0 bridgehead atoms. The molecule has 11 heteroatoms. The van der Waals surface area contributed by atoms with Crippen LogP contribution in [-0.2, 0) is 14.6 Å². The SMILES string of the molecule is CCOc1ncc(S(=O)(=O)CCCNCCSc2ccc(OCC(=O)O)c(C)c2)cc1Br. The van der Waals surface area contributed by atoms with Gasteiger partial charge in [0.2, 0.25) is 5.88 Å². The van der Waals surface area contributed by atoms with E-state index in [9.17, 15) is 13.2 Å². The normalized spacial score (nSPS) is 11.3. The lowest BCUT2D eigenvalue weighted by Crippen LogP contribution is -2.21. The fraction of sp³-hybridized carbons (Fsp3) is 0.429. The van der Waals surface area contributed by atoms with E-state index in [4.69, 9.17) is 14.6 Å². The average Bonchev–Trinajstić information content (AvgIpc) is 2.73. The molecule has 2 rings (SSSR count). The Balaban J connectivity index is 1.69. The molecule has 1 aromatic heterocycles. The van der Waals surface area contributed by atoms with Gasteiger partial charge in [-0.2, -0.15) is 0 Å². The molecule has 0 aliphatic rings. The molecule has 176 valence electrons. The Kier molecular flexibility index (Phi) is 10.8. The minimum absolute atomic E-state index is 0.0340. The van der Waals surface area contributed by atoms with Gasteiger partial charge >= 0.3 is 5.97 Å². The maximum absolute atomic E-state index is 12.5. The van der Waals surface area contributed by atoms with Crippen molar-refractivity contribution in [3.8, 4) is 11.6 Å². The zero-order valence-electron chi connectivity index (χ0n) is 18.0. The van der Waals surface area contributed by atoms with E-state index in [1.165, 1.54) is 12.3 Å². The first-order chi connectivity index (χ1) is 15.2.